The Hall–Kier alpha value is -1.32. The van der Waals surface area contributed by atoms with Crippen molar-refractivity contribution in [1.82, 2.24) is 9.55 Å². The van der Waals surface area contributed by atoms with Gasteiger partial charge in [-0.3, -0.25) is 0 Å². The fraction of sp³-hybridized carbons (Fsp3) is 0.636. The largest absolute Gasteiger partial charge is 0.461 e. The summed E-state index contributed by atoms with van der Waals surface area (Å²) in [5, 5.41) is 0. The van der Waals surface area contributed by atoms with Gasteiger partial charge < -0.3 is 9.30 Å². The second kappa shape index (κ2) is 4.47. The maximum Gasteiger partial charge on any atom is 0.356 e. The first-order valence-electron chi connectivity index (χ1n) is 5.48. The Morgan fingerprint density at radius 1 is 1.67 bits per heavy atom. The molecule has 82 valence electrons. The van der Waals surface area contributed by atoms with Crippen molar-refractivity contribution in [1.29, 1.82) is 0 Å². The molecule has 0 spiro atoms. The van der Waals surface area contributed by atoms with Crippen LogP contribution >= 0.6 is 0 Å². The summed E-state index contributed by atoms with van der Waals surface area (Å²) < 4.78 is 6.86. The summed E-state index contributed by atoms with van der Waals surface area (Å²) in [6.07, 6.45) is 7.14. The van der Waals surface area contributed by atoms with Gasteiger partial charge in [-0.25, -0.2) is 9.78 Å². The molecule has 1 saturated carbocycles. The quantitative estimate of drug-likeness (QED) is 0.709. The molecule has 0 aromatic carbocycles. The van der Waals surface area contributed by atoms with Gasteiger partial charge in [0.05, 0.1) is 19.1 Å². The van der Waals surface area contributed by atoms with Gasteiger partial charge in [-0.1, -0.05) is 6.42 Å². The summed E-state index contributed by atoms with van der Waals surface area (Å²) in [5.74, 6) is 0.446. The predicted octanol–water partition coefficient (Wildman–Crippen LogP) is 1.86. The van der Waals surface area contributed by atoms with Crippen LogP contribution in [0.5, 0.6) is 0 Å². The van der Waals surface area contributed by atoms with Crippen molar-refractivity contribution < 1.29 is 9.53 Å². The van der Waals surface area contributed by atoms with E-state index in [2.05, 4.69) is 4.98 Å². The Morgan fingerprint density at radius 3 is 3.07 bits per heavy atom. The second-order valence-corrected chi connectivity index (χ2v) is 3.95. The number of imidazole rings is 1. The van der Waals surface area contributed by atoms with Crippen LogP contribution in [0.4, 0.5) is 0 Å². The molecule has 0 saturated heterocycles. The van der Waals surface area contributed by atoms with Gasteiger partial charge in [0, 0.05) is 6.54 Å². The van der Waals surface area contributed by atoms with Crippen LogP contribution in [0.3, 0.4) is 0 Å². The minimum atomic E-state index is -0.269. The molecule has 0 bridgehead atoms. The van der Waals surface area contributed by atoms with E-state index in [9.17, 15) is 4.79 Å². The number of nitrogens with zero attached hydrogens (tertiary/aromatic N) is 2. The van der Waals surface area contributed by atoms with Gasteiger partial charge in [-0.15, -0.1) is 0 Å². The van der Waals surface area contributed by atoms with Crippen molar-refractivity contribution in [3.05, 3.63) is 18.2 Å². The first-order valence-corrected chi connectivity index (χ1v) is 5.48. The second-order valence-electron chi connectivity index (χ2n) is 3.95. The first-order chi connectivity index (χ1) is 7.31. The Bertz CT molecular complexity index is 342. The van der Waals surface area contributed by atoms with E-state index in [1.165, 1.54) is 19.3 Å². The molecule has 0 N–H and O–H groups in total. The lowest BCUT2D eigenvalue weighted by atomic mass is 9.85. The Balaban J connectivity index is 2.03. The zero-order valence-corrected chi connectivity index (χ0v) is 8.98. The van der Waals surface area contributed by atoms with Crippen LogP contribution < -0.4 is 0 Å². The average molecular weight is 208 g/mol. The van der Waals surface area contributed by atoms with Crippen LogP contribution in [-0.4, -0.2) is 22.1 Å². The van der Waals surface area contributed by atoms with Gasteiger partial charge in [0.2, 0.25) is 0 Å². The standard InChI is InChI=1S/C11H16N2O2/c1-2-15-11(14)10-6-12-8-13(10)7-9-4-3-5-9/h6,8-9H,2-5,7H2,1H3. The summed E-state index contributed by atoms with van der Waals surface area (Å²) in [6, 6.07) is 0. The number of hydrogen-bond acceptors (Lipinski definition) is 3. The lowest BCUT2D eigenvalue weighted by molar-refractivity contribution is 0.0511. The number of ether oxygens (including phenoxy) is 1. The third kappa shape index (κ3) is 2.19. The van der Waals surface area contributed by atoms with E-state index in [1.54, 1.807) is 12.5 Å². The maximum absolute atomic E-state index is 11.5. The molecule has 0 aliphatic heterocycles. The van der Waals surface area contributed by atoms with E-state index in [1.807, 2.05) is 11.5 Å². The smallest absolute Gasteiger partial charge is 0.356 e. The summed E-state index contributed by atoms with van der Waals surface area (Å²) in [7, 11) is 0. The molecule has 1 aromatic rings. The molecule has 1 aliphatic rings. The third-order valence-electron chi connectivity index (χ3n) is 2.88. The van der Waals surface area contributed by atoms with Crippen LogP contribution in [0.25, 0.3) is 0 Å². The molecule has 0 unspecified atom stereocenters. The Labute approximate surface area is 89.3 Å². The average Bonchev–Trinajstić information content (AvgIpc) is 2.59. The van der Waals surface area contributed by atoms with Crippen LogP contribution in [0.1, 0.15) is 36.7 Å². The van der Waals surface area contributed by atoms with Gasteiger partial charge in [0.15, 0.2) is 0 Å². The van der Waals surface area contributed by atoms with E-state index in [4.69, 9.17) is 4.74 Å². The minimum absolute atomic E-state index is 0.269. The predicted molar refractivity (Wildman–Crippen MR) is 55.5 cm³/mol. The minimum Gasteiger partial charge on any atom is -0.461 e. The fourth-order valence-corrected chi connectivity index (χ4v) is 1.79. The molecule has 15 heavy (non-hydrogen) atoms. The van der Waals surface area contributed by atoms with Crippen LogP contribution in [0.15, 0.2) is 12.5 Å². The van der Waals surface area contributed by atoms with Gasteiger partial charge in [-0.2, -0.15) is 0 Å². The summed E-state index contributed by atoms with van der Waals surface area (Å²) in [5.41, 5.74) is 0.573. The van der Waals surface area contributed by atoms with Crippen LogP contribution in [0, 0.1) is 5.92 Å². The molecule has 1 aromatic heterocycles. The summed E-state index contributed by atoms with van der Waals surface area (Å²) in [4.78, 5) is 15.5. The van der Waals surface area contributed by atoms with Crippen LogP contribution in [-0.2, 0) is 11.3 Å². The molecule has 4 nitrogen and oxygen atoms in total. The van der Waals surface area contributed by atoms with E-state index < -0.39 is 0 Å². The monoisotopic (exact) mass is 208 g/mol. The van der Waals surface area contributed by atoms with E-state index in [0.717, 1.165) is 6.54 Å². The number of aromatic nitrogens is 2. The fourth-order valence-electron chi connectivity index (χ4n) is 1.79. The highest BCUT2D eigenvalue weighted by Gasteiger charge is 2.20. The number of carbonyl (C=O) groups excluding carboxylic acids is 1. The molecule has 4 heteroatoms. The Kier molecular flexibility index (Phi) is 3.04. The third-order valence-corrected chi connectivity index (χ3v) is 2.88. The van der Waals surface area contributed by atoms with Crippen molar-refractivity contribution in [3.63, 3.8) is 0 Å². The van der Waals surface area contributed by atoms with E-state index in [-0.39, 0.29) is 5.97 Å². The van der Waals surface area contributed by atoms with Crippen molar-refractivity contribution >= 4 is 5.97 Å². The van der Waals surface area contributed by atoms with Crippen molar-refractivity contribution in [2.45, 2.75) is 32.7 Å². The van der Waals surface area contributed by atoms with Crippen molar-refractivity contribution in [2.75, 3.05) is 6.61 Å². The molecule has 1 fully saturated rings. The topological polar surface area (TPSA) is 44.1 Å². The van der Waals surface area contributed by atoms with Gasteiger partial charge in [-0.05, 0) is 25.7 Å². The van der Waals surface area contributed by atoms with E-state index in [0.29, 0.717) is 18.2 Å². The normalized spacial score (nSPS) is 16.1. The highest BCUT2D eigenvalue weighted by Crippen LogP contribution is 2.28. The van der Waals surface area contributed by atoms with Crippen LogP contribution in [0.2, 0.25) is 0 Å². The zero-order valence-electron chi connectivity index (χ0n) is 8.98. The molecule has 0 amide bonds. The lowest BCUT2D eigenvalue weighted by Crippen LogP contribution is -2.20. The van der Waals surface area contributed by atoms with E-state index >= 15 is 0 Å². The molecular weight excluding hydrogens is 192 g/mol. The highest BCUT2D eigenvalue weighted by molar-refractivity contribution is 5.87. The molecule has 0 atom stereocenters. The van der Waals surface area contributed by atoms with Gasteiger partial charge in [0.25, 0.3) is 0 Å². The first kappa shape index (κ1) is 10.2. The maximum atomic E-state index is 11.5. The number of esters is 1. The van der Waals surface area contributed by atoms with Gasteiger partial charge >= 0.3 is 5.97 Å². The number of rotatable bonds is 4. The molecule has 1 aliphatic carbocycles. The molecule has 1 heterocycles. The molecular formula is C11H16N2O2. The summed E-state index contributed by atoms with van der Waals surface area (Å²) in [6.45, 7) is 3.12. The number of hydrogen-bond donors (Lipinski definition) is 0. The summed E-state index contributed by atoms with van der Waals surface area (Å²) >= 11 is 0. The van der Waals surface area contributed by atoms with Gasteiger partial charge in [0.1, 0.15) is 5.69 Å². The molecule has 2 rings (SSSR count). The van der Waals surface area contributed by atoms with Crippen molar-refractivity contribution in [3.8, 4) is 0 Å². The zero-order chi connectivity index (χ0) is 10.7. The van der Waals surface area contributed by atoms with Crippen molar-refractivity contribution in [2.24, 2.45) is 5.92 Å². The Morgan fingerprint density at radius 2 is 2.47 bits per heavy atom. The molecule has 0 radical (unpaired) electrons. The SMILES string of the molecule is CCOC(=O)c1cncn1CC1CCC1. The highest BCUT2D eigenvalue weighted by atomic mass is 16.5. The lowest BCUT2D eigenvalue weighted by Gasteiger charge is -2.25. The number of carbonyl (C=O) groups is 1.